The van der Waals surface area contributed by atoms with Gasteiger partial charge in [-0.15, -0.1) is 12.4 Å². The van der Waals surface area contributed by atoms with Gasteiger partial charge in [-0.05, 0) is 44.6 Å². The highest BCUT2D eigenvalue weighted by atomic mass is 35.5. The molecule has 0 aromatic rings. The summed E-state index contributed by atoms with van der Waals surface area (Å²) in [5.74, 6) is 0.376. The first-order valence-corrected chi connectivity index (χ1v) is 9.15. The Kier molecular flexibility index (Phi) is 7.42. The molecule has 1 aliphatic heterocycles. The van der Waals surface area contributed by atoms with Crippen molar-refractivity contribution in [2.24, 2.45) is 5.92 Å². The molecule has 1 aliphatic carbocycles. The van der Waals surface area contributed by atoms with Gasteiger partial charge in [-0.25, -0.2) is 12.7 Å². The molecular formula is C13H24ClF3N2O2S. The van der Waals surface area contributed by atoms with Crippen LogP contribution in [0.15, 0.2) is 0 Å². The molecular weight excluding hydrogens is 341 g/mol. The number of hydrogen-bond donors (Lipinski definition) is 1. The fourth-order valence-electron chi connectivity index (χ4n) is 2.58. The number of alkyl halides is 3. The fourth-order valence-corrected chi connectivity index (χ4v) is 4.11. The molecule has 0 spiro atoms. The number of nitrogens with one attached hydrogen (secondary N) is 1. The molecule has 0 amide bonds. The Morgan fingerprint density at radius 3 is 2.18 bits per heavy atom. The maximum atomic E-state index is 12.1. The molecule has 0 aromatic carbocycles. The number of piperidine rings is 1. The standard InChI is InChI=1S/C13H23F3N2O2S.ClH/c14-13(15,16)6-1-9-21(19,20)18-7-4-12(5-8-18)17-10-11-2-3-11;/h11-12,17H,1-10H2;1H. The zero-order chi connectivity index (χ0) is 15.5. The lowest BCUT2D eigenvalue weighted by Crippen LogP contribution is -2.46. The first-order valence-electron chi connectivity index (χ1n) is 7.54. The van der Waals surface area contributed by atoms with Crippen LogP contribution in [0, 0.1) is 5.92 Å². The van der Waals surface area contributed by atoms with Crippen molar-refractivity contribution in [1.29, 1.82) is 0 Å². The predicted octanol–water partition coefficient (Wildman–Crippen LogP) is 2.54. The van der Waals surface area contributed by atoms with Gasteiger partial charge >= 0.3 is 6.18 Å². The van der Waals surface area contributed by atoms with Crippen molar-refractivity contribution in [1.82, 2.24) is 9.62 Å². The summed E-state index contributed by atoms with van der Waals surface area (Å²) in [6.45, 7) is 1.83. The summed E-state index contributed by atoms with van der Waals surface area (Å²) in [6, 6.07) is 0.340. The van der Waals surface area contributed by atoms with Gasteiger partial charge in [-0.3, -0.25) is 0 Å². The van der Waals surface area contributed by atoms with E-state index in [1.807, 2.05) is 0 Å². The van der Waals surface area contributed by atoms with E-state index in [1.165, 1.54) is 17.1 Å². The number of nitrogens with zero attached hydrogens (tertiary/aromatic N) is 1. The third-order valence-electron chi connectivity index (χ3n) is 4.10. The smallest absolute Gasteiger partial charge is 0.314 e. The van der Waals surface area contributed by atoms with Gasteiger partial charge in [0, 0.05) is 25.6 Å². The number of hydrogen-bond acceptors (Lipinski definition) is 3. The van der Waals surface area contributed by atoms with Crippen LogP contribution in [0.5, 0.6) is 0 Å². The van der Waals surface area contributed by atoms with Crippen LogP contribution in [-0.2, 0) is 10.0 Å². The minimum atomic E-state index is -4.28. The van der Waals surface area contributed by atoms with E-state index in [4.69, 9.17) is 0 Å². The van der Waals surface area contributed by atoms with Gasteiger partial charge in [0.25, 0.3) is 0 Å². The largest absolute Gasteiger partial charge is 0.389 e. The van der Waals surface area contributed by atoms with Crippen molar-refractivity contribution in [2.45, 2.75) is 50.7 Å². The Morgan fingerprint density at radius 1 is 1.09 bits per heavy atom. The van der Waals surface area contributed by atoms with Gasteiger partial charge in [-0.2, -0.15) is 13.2 Å². The lowest BCUT2D eigenvalue weighted by Gasteiger charge is -2.31. The van der Waals surface area contributed by atoms with Crippen LogP contribution in [-0.4, -0.2) is 50.3 Å². The average Bonchev–Trinajstić information content (AvgIpc) is 3.19. The molecule has 1 saturated carbocycles. The van der Waals surface area contributed by atoms with Crippen LogP contribution in [0.2, 0.25) is 0 Å². The highest BCUT2D eigenvalue weighted by Crippen LogP contribution is 2.28. The van der Waals surface area contributed by atoms with Crippen molar-refractivity contribution in [3.8, 4) is 0 Å². The van der Waals surface area contributed by atoms with Crippen LogP contribution in [0.3, 0.4) is 0 Å². The first-order chi connectivity index (χ1) is 9.76. The fraction of sp³-hybridized carbons (Fsp3) is 1.00. The Hall–Kier alpha value is -0.0500. The lowest BCUT2D eigenvalue weighted by atomic mass is 10.1. The Morgan fingerprint density at radius 2 is 1.68 bits per heavy atom. The van der Waals surface area contributed by atoms with Gasteiger partial charge in [0.15, 0.2) is 0 Å². The van der Waals surface area contributed by atoms with Crippen molar-refractivity contribution in [3.63, 3.8) is 0 Å². The molecule has 22 heavy (non-hydrogen) atoms. The molecule has 1 saturated heterocycles. The predicted molar refractivity (Wildman–Crippen MR) is 81.6 cm³/mol. The van der Waals surface area contributed by atoms with Crippen LogP contribution in [0.4, 0.5) is 13.2 Å². The van der Waals surface area contributed by atoms with E-state index in [0.717, 1.165) is 25.3 Å². The van der Waals surface area contributed by atoms with Gasteiger partial charge in [0.05, 0.1) is 5.75 Å². The molecule has 0 atom stereocenters. The molecule has 0 unspecified atom stereocenters. The normalized spacial score (nSPS) is 21.6. The summed E-state index contributed by atoms with van der Waals surface area (Å²) in [6.07, 6.45) is -1.64. The molecule has 2 fully saturated rings. The SMILES string of the molecule is Cl.O=S(=O)(CCCC(F)(F)F)N1CCC(NCC2CC2)CC1. The zero-order valence-corrected chi connectivity index (χ0v) is 14.1. The van der Waals surface area contributed by atoms with Crippen molar-refractivity contribution < 1.29 is 21.6 Å². The third-order valence-corrected chi connectivity index (χ3v) is 6.06. The van der Waals surface area contributed by atoms with E-state index in [0.29, 0.717) is 19.1 Å². The van der Waals surface area contributed by atoms with Crippen LogP contribution < -0.4 is 5.32 Å². The number of sulfonamides is 1. The van der Waals surface area contributed by atoms with Gasteiger partial charge in [0.2, 0.25) is 10.0 Å². The first kappa shape index (κ1) is 20.0. The molecule has 9 heteroatoms. The van der Waals surface area contributed by atoms with Crippen molar-refractivity contribution >= 4 is 22.4 Å². The molecule has 1 N–H and O–H groups in total. The monoisotopic (exact) mass is 364 g/mol. The second-order valence-corrected chi connectivity index (χ2v) is 8.15. The number of rotatable bonds is 7. The molecule has 0 bridgehead atoms. The zero-order valence-electron chi connectivity index (χ0n) is 12.4. The minimum absolute atomic E-state index is 0. The Bertz CT molecular complexity index is 433. The summed E-state index contributed by atoms with van der Waals surface area (Å²) in [7, 11) is -3.54. The average molecular weight is 365 g/mol. The van der Waals surface area contributed by atoms with Crippen molar-refractivity contribution in [2.75, 3.05) is 25.4 Å². The molecule has 0 aromatic heterocycles. The second kappa shape index (κ2) is 8.17. The van der Waals surface area contributed by atoms with Crippen LogP contribution in [0.1, 0.15) is 38.5 Å². The second-order valence-electron chi connectivity index (χ2n) is 6.06. The lowest BCUT2D eigenvalue weighted by molar-refractivity contribution is -0.134. The quantitative estimate of drug-likeness (QED) is 0.755. The summed E-state index contributed by atoms with van der Waals surface area (Å²) in [4.78, 5) is 0. The highest BCUT2D eigenvalue weighted by molar-refractivity contribution is 7.89. The van der Waals surface area contributed by atoms with E-state index in [2.05, 4.69) is 5.32 Å². The molecule has 1 heterocycles. The number of halogens is 4. The molecule has 0 radical (unpaired) electrons. The maximum absolute atomic E-state index is 12.1. The van der Waals surface area contributed by atoms with Gasteiger partial charge in [-0.1, -0.05) is 0 Å². The molecule has 132 valence electrons. The summed E-state index contributed by atoms with van der Waals surface area (Å²) in [5, 5.41) is 3.45. The molecule has 4 nitrogen and oxygen atoms in total. The van der Waals surface area contributed by atoms with E-state index >= 15 is 0 Å². The highest BCUT2D eigenvalue weighted by Gasteiger charge is 2.31. The maximum Gasteiger partial charge on any atom is 0.389 e. The van der Waals surface area contributed by atoms with Crippen molar-refractivity contribution in [3.05, 3.63) is 0 Å². The van der Waals surface area contributed by atoms with Gasteiger partial charge < -0.3 is 5.32 Å². The minimum Gasteiger partial charge on any atom is -0.314 e. The summed E-state index contributed by atoms with van der Waals surface area (Å²) < 4.78 is 61.5. The van der Waals surface area contributed by atoms with Crippen LogP contribution >= 0.6 is 12.4 Å². The Labute approximate surface area is 136 Å². The van der Waals surface area contributed by atoms with E-state index in [9.17, 15) is 21.6 Å². The van der Waals surface area contributed by atoms with E-state index in [1.54, 1.807) is 0 Å². The topological polar surface area (TPSA) is 49.4 Å². The van der Waals surface area contributed by atoms with E-state index < -0.39 is 28.4 Å². The Balaban J connectivity index is 0.00000242. The molecule has 2 rings (SSSR count). The molecule has 2 aliphatic rings. The summed E-state index contributed by atoms with van der Waals surface area (Å²) in [5.41, 5.74) is 0. The van der Waals surface area contributed by atoms with E-state index in [-0.39, 0.29) is 18.8 Å². The third kappa shape index (κ3) is 7.02. The summed E-state index contributed by atoms with van der Waals surface area (Å²) >= 11 is 0. The van der Waals surface area contributed by atoms with Gasteiger partial charge in [0.1, 0.15) is 0 Å². The van der Waals surface area contributed by atoms with Crippen LogP contribution in [0.25, 0.3) is 0 Å².